The molecule has 0 saturated carbocycles. The van der Waals surface area contributed by atoms with Gasteiger partial charge in [-0.05, 0) is 45.4 Å². The Morgan fingerprint density at radius 2 is 0.967 bits per heavy atom. The monoisotopic (exact) mass is 862 g/mol. The summed E-state index contributed by atoms with van der Waals surface area (Å²) >= 11 is 0. The number of carboxylic acid groups (broad SMARTS) is 2. The molecule has 352 valence electrons. The number of Topliss-reactive ketones (excluding diaryl/α,β-unsaturated/α-hetero) is 2. The summed E-state index contributed by atoms with van der Waals surface area (Å²) in [5.41, 5.74) is 0. The second-order valence-corrected chi connectivity index (χ2v) is 15.5. The molecule has 0 rings (SSSR count). The van der Waals surface area contributed by atoms with Gasteiger partial charge in [0.1, 0.15) is 30.8 Å². The van der Waals surface area contributed by atoms with Crippen LogP contribution in [0, 0.1) is 5.92 Å². The molecule has 0 aliphatic rings. The van der Waals surface area contributed by atoms with Crippen LogP contribution in [0.3, 0.4) is 0 Å². The molecule has 0 radical (unpaired) electrons. The summed E-state index contributed by atoms with van der Waals surface area (Å²) < 4.78 is 21.4. The first-order chi connectivity index (χ1) is 28.9. The van der Waals surface area contributed by atoms with Crippen molar-refractivity contribution in [3.8, 4) is 0 Å². The quantitative estimate of drug-likeness (QED) is 0.0430. The van der Waals surface area contributed by atoms with Crippen LogP contribution in [0.1, 0.15) is 164 Å². The van der Waals surface area contributed by atoms with E-state index in [2.05, 4.69) is 16.0 Å². The average Bonchev–Trinajstić information content (AvgIpc) is 3.20. The van der Waals surface area contributed by atoms with E-state index < -0.39 is 18.0 Å². The third kappa shape index (κ3) is 40.0. The Balaban J connectivity index is -0.0000174. The number of hydrogen-bond donors (Lipinski definition) is 5. The summed E-state index contributed by atoms with van der Waals surface area (Å²) in [7, 11) is 0. The molecule has 60 heavy (non-hydrogen) atoms. The van der Waals surface area contributed by atoms with E-state index in [0.29, 0.717) is 32.5 Å². The number of hydrogen-bond acceptors (Lipinski definition) is 11. The molecule has 0 aromatic carbocycles. The van der Waals surface area contributed by atoms with Gasteiger partial charge in [-0.3, -0.25) is 28.8 Å². The van der Waals surface area contributed by atoms with Gasteiger partial charge in [0.25, 0.3) is 0 Å². The van der Waals surface area contributed by atoms with Crippen molar-refractivity contribution in [2.24, 2.45) is 5.92 Å². The first-order valence-electron chi connectivity index (χ1n) is 22.5. The first-order valence-corrected chi connectivity index (χ1v) is 22.5. The fourth-order valence-electron chi connectivity index (χ4n) is 6.15. The van der Waals surface area contributed by atoms with Crippen molar-refractivity contribution < 1.29 is 65.6 Å². The molecule has 3 amide bonds. The third-order valence-electron chi connectivity index (χ3n) is 9.99. The molecule has 0 heterocycles. The van der Waals surface area contributed by atoms with Gasteiger partial charge in [0.05, 0.1) is 33.0 Å². The Bertz CT molecular complexity index is 1180. The van der Waals surface area contributed by atoms with Crippen LogP contribution in [0.2, 0.25) is 0 Å². The molecule has 0 unspecified atom stereocenters. The van der Waals surface area contributed by atoms with Crippen LogP contribution in [0.25, 0.3) is 0 Å². The first kappa shape index (κ1) is 56.5. The second kappa shape index (κ2) is 40.9. The largest absolute Gasteiger partial charge is 0.481 e. The van der Waals surface area contributed by atoms with Crippen LogP contribution in [-0.4, -0.2) is 123 Å². The van der Waals surface area contributed by atoms with Crippen molar-refractivity contribution in [2.45, 2.75) is 168 Å². The van der Waals surface area contributed by atoms with Gasteiger partial charge in [0.2, 0.25) is 17.7 Å². The van der Waals surface area contributed by atoms with Crippen molar-refractivity contribution >= 4 is 41.2 Å². The maximum atomic E-state index is 12.3. The number of ketones is 2. The minimum Gasteiger partial charge on any atom is -0.481 e. The normalized spacial score (nSPS) is 12.1. The molecular weight excluding hydrogens is 778 g/mol. The SMILES string of the molecule is CC(=O)[C@@H](C)CCCCNC(=O)COCCOCCNC(=O)COCCOCCCC(=O)CC[C@H](NC(=O)CCCCCCCCCCCCCCCCC(=O)O)C(=O)O.[HH].[HH]. The highest BCUT2D eigenvalue weighted by atomic mass is 16.5. The molecule has 0 spiro atoms. The molecule has 0 bridgehead atoms. The number of ether oxygens (including phenoxy) is 4. The Labute approximate surface area is 361 Å². The lowest BCUT2D eigenvalue weighted by Crippen LogP contribution is -2.41. The van der Waals surface area contributed by atoms with Crippen molar-refractivity contribution in [3.63, 3.8) is 0 Å². The van der Waals surface area contributed by atoms with E-state index >= 15 is 0 Å². The fourth-order valence-corrected chi connectivity index (χ4v) is 6.15. The molecule has 0 aromatic heterocycles. The number of amides is 3. The van der Waals surface area contributed by atoms with Crippen LogP contribution >= 0.6 is 0 Å². The summed E-state index contributed by atoms with van der Waals surface area (Å²) in [5.74, 6) is -2.55. The van der Waals surface area contributed by atoms with E-state index in [1.165, 1.54) is 44.9 Å². The van der Waals surface area contributed by atoms with Crippen LogP contribution in [-0.2, 0) is 52.5 Å². The zero-order chi connectivity index (χ0) is 44.5. The number of carbonyl (C=O) groups excluding carboxylic acids is 5. The molecule has 5 N–H and O–H groups in total. The van der Waals surface area contributed by atoms with Gasteiger partial charge in [0, 0.05) is 54.2 Å². The van der Waals surface area contributed by atoms with Gasteiger partial charge < -0.3 is 45.1 Å². The number of carbonyl (C=O) groups is 7. The minimum atomic E-state index is -1.15. The molecule has 2 atom stereocenters. The highest BCUT2D eigenvalue weighted by Gasteiger charge is 2.21. The molecule has 0 aliphatic heterocycles. The predicted molar refractivity (Wildman–Crippen MR) is 232 cm³/mol. The van der Waals surface area contributed by atoms with Crippen molar-refractivity contribution in [1.82, 2.24) is 16.0 Å². The zero-order valence-corrected chi connectivity index (χ0v) is 36.9. The van der Waals surface area contributed by atoms with Crippen LogP contribution in [0.15, 0.2) is 0 Å². The van der Waals surface area contributed by atoms with Crippen molar-refractivity contribution in [2.75, 3.05) is 65.9 Å². The van der Waals surface area contributed by atoms with E-state index in [1.807, 2.05) is 6.92 Å². The Hall–Kier alpha value is -3.47. The minimum absolute atomic E-state index is 0. The maximum Gasteiger partial charge on any atom is 0.326 e. The topological polar surface area (TPSA) is 233 Å². The van der Waals surface area contributed by atoms with E-state index in [9.17, 15) is 38.7 Å². The highest BCUT2D eigenvalue weighted by Crippen LogP contribution is 2.14. The molecule has 0 fully saturated rings. The summed E-state index contributed by atoms with van der Waals surface area (Å²) in [4.78, 5) is 81.7. The van der Waals surface area contributed by atoms with Crippen LogP contribution in [0.5, 0.6) is 0 Å². The Morgan fingerprint density at radius 1 is 0.483 bits per heavy atom. The van der Waals surface area contributed by atoms with Gasteiger partial charge in [-0.25, -0.2) is 4.79 Å². The lowest BCUT2D eigenvalue weighted by molar-refractivity contribution is -0.142. The molecular formula is C44H83N3O13. The standard InChI is InChI=1S/C44H79N3O13.2H2/c1-36(37(2)48)20-17-18-26-45-41(51)34-60-33-31-58-29-27-46-42(52)35-59-32-30-57-28-19-21-38(49)24-25-39(44(55)56)47-40(50)22-15-13-11-9-7-5-3-4-6-8-10-12-14-16-23-43(53)54;;/h36,39H,3-35H2,1-2H3,(H,45,51)(H,46,52)(H,47,50)(H,53,54)(H,55,56);2*1H/t36-,39-;;/m0../s1. The third-order valence-corrected chi connectivity index (χ3v) is 9.99. The number of rotatable bonds is 45. The molecule has 16 nitrogen and oxygen atoms in total. The fraction of sp³-hybridized carbons (Fsp3) is 0.841. The van der Waals surface area contributed by atoms with Gasteiger partial charge in [-0.2, -0.15) is 0 Å². The average molecular weight is 862 g/mol. The molecule has 16 heteroatoms. The summed E-state index contributed by atoms with van der Waals surface area (Å²) in [6, 6.07) is -1.10. The maximum absolute atomic E-state index is 12.3. The zero-order valence-electron chi connectivity index (χ0n) is 36.9. The van der Waals surface area contributed by atoms with E-state index in [-0.39, 0.29) is 116 Å². The molecule has 0 aliphatic carbocycles. The number of unbranched alkanes of at least 4 members (excludes halogenated alkanes) is 14. The summed E-state index contributed by atoms with van der Waals surface area (Å²) in [6.07, 6.45) is 19.0. The summed E-state index contributed by atoms with van der Waals surface area (Å²) in [5, 5.41) is 26.2. The van der Waals surface area contributed by atoms with Crippen molar-refractivity contribution in [1.29, 1.82) is 0 Å². The van der Waals surface area contributed by atoms with Gasteiger partial charge in [-0.15, -0.1) is 0 Å². The number of carboxylic acids is 2. The molecule has 0 aromatic rings. The Kier molecular flexibility index (Phi) is 38.5. The summed E-state index contributed by atoms with van der Waals surface area (Å²) in [6.45, 7) is 5.69. The lowest BCUT2D eigenvalue weighted by atomic mass is 10.0. The lowest BCUT2D eigenvalue weighted by Gasteiger charge is -2.14. The highest BCUT2D eigenvalue weighted by molar-refractivity contribution is 5.84. The van der Waals surface area contributed by atoms with E-state index in [4.69, 9.17) is 24.1 Å². The second-order valence-electron chi connectivity index (χ2n) is 15.5. The predicted octanol–water partition coefficient (Wildman–Crippen LogP) is 6.20. The van der Waals surface area contributed by atoms with Crippen LogP contribution < -0.4 is 16.0 Å². The smallest absolute Gasteiger partial charge is 0.326 e. The van der Waals surface area contributed by atoms with Crippen LogP contribution in [0.4, 0.5) is 0 Å². The molecule has 0 saturated heterocycles. The van der Waals surface area contributed by atoms with Gasteiger partial charge in [-0.1, -0.05) is 90.4 Å². The van der Waals surface area contributed by atoms with Gasteiger partial charge >= 0.3 is 11.9 Å². The van der Waals surface area contributed by atoms with Gasteiger partial charge in [0.15, 0.2) is 0 Å². The van der Waals surface area contributed by atoms with Crippen molar-refractivity contribution in [3.05, 3.63) is 0 Å². The van der Waals surface area contributed by atoms with E-state index in [1.54, 1.807) is 6.92 Å². The Morgan fingerprint density at radius 3 is 1.48 bits per heavy atom. The van der Waals surface area contributed by atoms with E-state index in [0.717, 1.165) is 57.8 Å². The number of aliphatic carboxylic acids is 2. The number of nitrogens with one attached hydrogen (secondary N) is 3.